The highest BCUT2D eigenvalue weighted by Crippen LogP contribution is 2.40. The number of nitrogens with zero attached hydrogens (tertiary/aromatic N) is 3. The number of alkyl halides is 3. The molecule has 3 aromatic heterocycles. The highest BCUT2D eigenvalue weighted by molar-refractivity contribution is 5.92. The van der Waals surface area contributed by atoms with Gasteiger partial charge >= 0.3 is 6.18 Å². The van der Waals surface area contributed by atoms with Crippen molar-refractivity contribution in [3.05, 3.63) is 63.3 Å². The highest BCUT2D eigenvalue weighted by atomic mass is 19.4. The average Bonchev–Trinajstić information content (AvgIpc) is 3.40. The maximum Gasteiger partial charge on any atom is 0.417 e. The van der Waals surface area contributed by atoms with E-state index in [9.17, 15) is 22.4 Å². The van der Waals surface area contributed by atoms with Crippen LogP contribution in [0.5, 0.6) is 0 Å². The van der Waals surface area contributed by atoms with Gasteiger partial charge in [-0.1, -0.05) is 0 Å². The van der Waals surface area contributed by atoms with Crippen LogP contribution in [0.25, 0.3) is 33.2 Å². The van der Waals surface area contributed by atoms with Gasteiger partial charge in [-0.05, 0) is 43.3 Å². The summed E-state index contributed by atoms with van der Waals surface area (Å²) in [6, 6.07) is 6.72. The molecule has 0 saturated carbocycles. The number of benzene rings is 2. The van der Waals surface area contributed by atoms with Crippen molar-refractivity contribution in [3.8, 4) is 11.4 Å². The topological polar surface area (TPSA) is 127 Å². The minimum atomic E-state index is -4.84. The number of fused-ring (bicyclic) bond motifs is 3. The second kappa shape index (κ2) is 7.63. The maximum atomic E-state index is 14.2. The van der Waals surface area contributed by atoms with E-state index in [0.717, 1.165) is 0 Å². The van der Waals surface area contributed by atoms with Crippen molar-refractivity contribution in [2.24, 2.45) is 0 Å². The molecule has 178 valence electrons. The first kappa shape index (κ1) is 21.3. The largest absolute Gasteiger partial charge is 0.417 e. The molecule has 5 aromatic rings. The Morgan fingerprint density at radius 2 is 1.83 bits per heavy atom. The Balaban J connectivity index is 1.56. The molecule has 35 heavy (non-hydrogen) atoms. The summed E-state index contributed by atoms with van der Waals surface area (Å²) in [6.07, 6.45) is -4.32. The summed E-state index contributed by atoms with van der Waals surface area (Å²) in [5, 5.41) is 17.8. The van der Waals surface area contributed by atoms with Gasteiger partial charge in [-0.2, -0.15) is 18.3 Å². The van der Waals surface area contributed by atoms with Crippen molar-refractivity contribution in [2.45, 2.75) is 19.1 Å². The molecule has 0 aliphatic carbocycles. The Hall–Kier alpha value is -4.26. The summed E-state index contributed by atoms with van der Waals surface area (Å²) in [4.78, 5) is 21.1. The first-order valence-electron chi connectivity index (χ1n) is 10.6. The number of rotatable bonds is 3. The van der Waals surface area contributed by atoms with E-state index < -0.39 is 28.5 Å². The third kappa shape index (κ3) is 3.51. The lowest BCUT2D eigenvalue weighted by Gasteiger charge is -2.21. The second-order valence-corrected chi connectivity index (χ2v) is 8.12. The van der Waals surface area contributed by atoms with Gasteiger partial charge in [-0.3, -0.25) is 20.1 Å². The van der Waals surface area contributed by atoms with Crippen LogP contribution in [0.15, 0.2) is 35.1 Å². The van der Waals surface area contributed by atoms with Crippen LogP contribution in [-0.4, -0.2) is 36.9 Å². The van der Waals surface area contributed by atoms with Gasteiger partial charge in [-0.15, -0.1) is 0 Å². The first-order valence-corrected chi connectivity index (χ1v) is 10.6. The number of nitrogens with one attached hydrogen (secondary N) is 5. The summed E-state index contributed by atoms with van der Waals surface area (Å²) in [7, 11) is 0. The third-order valence-corrected chi connectivity index (χ3v) is 5.97. The van der Waals surface area contributed by atoms with Crippen molar-refractivity contribution in [1.29, 1.82) is 0 Å². The van der Waals surface area contributed by atoms with E-state index >= 15 is 0 Å². The molecule has 0 spiro atoms. The Morgan fingerprint density at radius 1 is 1.00 bits per heavy atom. The normalized spacial score (nSPS) is 13.9. The number of anilines is 2. The van der Waals surface area contributed by atoms with Crippen LogP contribution in [0.3, 0.4) is 0 Å². The molecule has 5 N–H and O–H groups in total. The lowest BCUT2D eigenvalue weighted by Crippen LogP contribution is -2.26. The molecule has 9 nitrogen and oxygen atoms in total. The third-order valence-electron chi connectivity index (χ3n) is 5.97. The lowest BCUT2D eigenvalue weighted by molar-refractivity contribution is -0.135. The average molecular weight is 484 g/mol. The molecule has 0 saturated heterocycles. The van der Waals surface area contributed by atoms with E-state index in [1.165, 1.54) is 30.3 Å². The predicted molar refractivity (Wildman–Crippen MR) is 120 cm³/mol. The molecule has 4 heterocycles. The molecule has 0 bridgehead atoms. The fourth-order valence-electron chi connectivity index (χ4n) is 4.39. The van der Waals surface area contributed by atoms with Crippen LogP contribution in [0.2, 0.25) is 0 Å². The van der Waals surface area contributed by atoms with Crippen LogP contribution >= 0.6 is 0 Å². The predicted octanol–water partition coefficient (Wildman–Crippen LogP) is 3.74. The molecule has 13 heteroatoms. The van der Waals surface area contributed by atoms with Gasteiger partial charge in [0.05, 0.1) is 27.7 Å². The molecule has 0 fully saturated rings. The van der Waals surface area contributed by atoms with Crippen molar-refractivity contribution < 1.29 is 17.6 Å². The summed E-state index contributed by atoms with van der Waals surface area (Å²) < 4.78 is 56.4. The maximum absolute atomic E-state index is 14.2. The molecule has 6 rings (SSSR count). The smallest absolute Gasteiger partial charge is 0.323 e. The number of aromatic amines is 3. The van der Waals surface area contributed by atoms with E-state index in [0.29, 0.717) is 41.7 Å². The standard InChI is InChI=1S/C22H16F4N8O/c23-9-1-3-13-12(7-9)20(33-31-13)30-18-10-5-6-27-8-15(10)28-19(29-18)11-2-4-14-16(21(35)34-32-14)17(11)22(24,25)26/h1-4,7,27H,5-6,8H2,(H2,32,34,35)(H2,28,29,30,31,33). The van der Waals surface area contributed by atoms with Crippen LogP contribution in [0, 0.1) is 5.82 Å². The monoisotopic (exact) mass is 484 g/mol. The van der Waals surface area contributed by atoms with E-state index in [1.807, 2.05) is 0 Å². The molecular weight excluding hydrogens is 468 g/mol. The van der Waals surface area contributed by atoms with Crippen LogP contribution < -0.4 is 16.2 Å². The van der Waals surface area contributed by atoms with Crippen molar-refractivity contribution in [3.63, 3.8) is 0 Å². The number of H-pyrrole nitrogens is 3. The van der Waals surface area contributed by atoms with Gasteiger partial charge in [-0.25, -0.2) is 14.4 Å². The van der Waals surface area contributed by atoms with E-state index in [2.05, 4.69) is 41.0 Å². The van der Waals surface area contributed by atoms with Crippen LogP contribution in [0.4, 0.5) is 29.2 Å². The lowest BCUT2D eigenvalue weighted by atomic mass is 10.0. The molecule has 0 atom stereocenters. The molecule has 2 aromatic carbocycles. The van der Waals surface area contributed by atoms with Gasteiger partial charge in [0.1, 0.15) is 11.6 Å². The Labute approximate surface area is 193 Å². The molecule has 0 unspecified atom stereocenters. The van der Waals surface area contributed by atoms with Crippen molar-refractivity contribution in [1.82, 2.24) is 35.7 Å². The quantitative estimate of drug-likeness (QED) is 0.248. The van der Waals surface area contributed by atoms with Gasteiger partial charge in [0.25, 0.3) is 5.56 Å². The Morgan fingerprint density at radius 3 is 2.66 bits per heavy atom. The van der Waals surface area contributed by atoms with Gasteiger partial charge in [0.15, 0.2) is 11.6 Å². The SMILES string of the molecule is O=c1[nH][nH]c2ccc(-c3nc4c(c(Nc5n[nH]c6ccc(F)cc56)n3)CCNC4)c(C(F)(F)F)c12. The number of hydrogen-bond donors (Lipinski definition) is 5. The Bertz CT molecular complexity index is 1670. The molecule has 0 amide bonds. The van der Waals surface area contributed by atoms with Gasteiger partial charge in [0, 0.05) is 23.1 Å². The minimum Gasteiger partial charge on any atom is -0.323 e. The second-order valence-electron chi connectivity index (χ2n) is 8.12. The summed E-state index contributed by atoms with van der Waals surface area (Å²) in [6.45, 7) is 0.947. The van der Waals surface area contributed by atoms with Crippen molar-refractivity contribution in [2.75, 3.05) is 11.9 Å². The molecular formula is C22H16F4N8O. The first-order chi connectivity index (χ1) is 16.8. The fourth-order valence-corrected chi connectivity index (χ4v) is 4.39. The van der Waals surface area contributed by atoms with Gasteiger partial charge < -0.3 is 10.6 Å². The van der Waals surface area contributed by atoms with Crippen LogP contribution in [-0.2, 0) is 19.1 Å². The summed E-state index contributed by atoms with van der Waals surface area (Å²) in [5.74, 6) is -0.119. The zero-order valence-electron chi connectivity index (χ0n) is 17.8. The van der Waals surface area contributed by atoms with Crippen LogP contribution in [0.1, 0.15) is 16.8 Å². The minimum absolute atomic E-state index is 0.0223. The van der Waals surface area contributed by atoms with Crippen molar-refractivity contribution >= 4 is 33.4 Å². The Kier molecular flexibility index (Phi) is 4.64. The molecule has 0 radical (unpaired) electrons. The fraction of sp³-hybridized carbons (Fsp3) is 0.182. The summed E-state index contributed by atoms with van der Waals surface area (Å²) in [5.41, 5.74) is -0.509. The summed E-state index contributed by atoms with van der Waals surface area (Å²) >= 11 is 0. The van der Waals surface area contributed by atoms with E-state index in [-0.39, 0.29) is 28.5 Å². The number of hydrogen-bond acceptors (Lipinski definition) is 6. The molecule has 1 aliphatic rings. The number of halogens is 4. The van der Waals surface area contributed by atoms with E-state index in [1.54, 1.807) is 0 Å². The number of aromatic nitrogens is 6. The van der Waals surface area contributed by atoms with E-state index in [4.69, 9.17) is 0 Å². The highest BCUT2D eigenvalue weighted by Gasteiger charge is 2.38. The zero-order chi connectivity index (χ0) is 24.3. The molecule has 1 aliphatic heterocycles. The zero-order valence-corrected chi connectivity index (χ0v) is 17.8. The van der Waals surface area contributed by atoms with Gasteiger partial charge in [0.2, 0.25) is 0 Å².